The third kappa shape index (κ3) is 15.7. The first kappa shape index (κ1) is 81.6. The number of hydrogen-bond acceptors (Lipinski definition) is 6. The average molecular weight is 1730 g/mol. The molecule has 3 unspecified atom stereocenters. The van der Waals surface area contributed by atoms with Crippen molar-refractivity contribution in [2.24, 2.45) is 39.0 Å². The molecule has 8 aromatic carbocycles. The predicted molar refractivity (Wildman–Crippen MR) is 532 cm³/mol. The molecule has 8 aromatic heterocycles. The van der Waals surface area contributed by atoms with Crippen LogP contribution in [0.3, 0.4) is 0 Å². The van der Waals surface area contributed by atoms with E-state index >= 15 is 0 Å². The van der Waals surface area contributed by atoms with Crippen molar-refractivity contribution in [3.05, 3.63) is 311 Å². The number of benzene rings is 8. The second-order valence-corrected chi connectivity index (χ2v) is 40.5. The van der Waals surface area contributed by atoms with Crippen molar-refractivity contribution in [3.8, 4) is 45.1 Å². The highest BCUT2D eigenvalue weighted by molar-refractivity contribution is 6.10. The highest BCUT2D eigenvalue weighted by atomic mass is 16.3. The lowest BCUT2D eigenvalue weighted by Crippen LogP contribution is -2.51. The highest BCUT2D eigenvalue weighted by Crippen LogP contribution is 2.59. The Morgan fingerprint density at radius 2 is 0.860 bits per heavy atom. The molecule has 3 atom stereocenters. The van der Waals surface area contributed by atoms with Crippen molar-refractivity contribution in [3.63, 3.8) is 0 Å². The van der Waals surface area contributed by atoms with Gasteiger partial charge < -0.3 is 18.6 Å². The molecule has 0 amide bonds. The van der Waals surface area contributed by atoms with E-state index in [1.54, 1.807) is 20.8 Å². The van der Waals surface area contributed by atoms with Crippen molar-refractivity contribution in [1.29, 1.82) is 0 Å². The van der Waals surface area contributed by atoms with E-state index in [1.807, 2.05) is 88.3 Å². The molecule has 5 aliphatic rings. The summed E-state index contributed by atoms with van der Waals surface area (Å²) in [5.41, 5.74) is 26.0. The quantitative estimate of drug-likeness (QED) is 0.154. The fraction of sp³-hybridized carbons (Fsp3) is 0.391. The first-order valence-corrected chi connectivity index (χ1v) is 46.3. The van der Waals surface area contributed by atoms with Crippen LogP contribution in [0, 0.1) is 66.2 Å². The van der Waals surface area contributed by atoms with Gasteiger partial charge in [-0.2, -0.15) is 0 Å². The number of para-hydroxylation sites is 4. The van der Waals surface area contributed by atoms with Crippen LogP contribution in [-0.4, -0.2) is 51.9 Å². The van der Waals surface area contributed by atoms with E-state index < -0.39 is 42.1 Å². The molecule has 16 aromatic rings. The summed E-state index contributed by atoms with van der Waals surface area (Å²) in [6.07, 6.45) is 12.7. The Bertz CT molecular complexity index is 7210. The van der Waals surface area contributed by atoms with Gasteiger partial charge in [-0.1, -0.05) is 234 Å². The molecule has 1 aliphatic carbocycles. The Labute approximate surface area is 777 Å². The zero-order valence-electron chi connectivity index (χ0n) is 88.5. The van der Waals surface area contributed by atoms with E-state index in [4.69, 9.17) is 15.7 Å². The molecule has 0 N–H and O–H groups in total. The van der Waals surface area contributed by atoms with Crippen molar-refractivity contribution in [2.75, 3.05) is 9.80 Å². The zero-order chi connectivity index (χ0) is 98.4. The topological polar surface area (TPSA) is 93.8 Å². The smallest absolute Gasteiger partial charge is 0.238 e. The molecular weight excluding hydrogens is 1580 g/mol. The zero-order valence-corrected chi connectivity index (χ0v) is 81.5. The standard InChI is InChI=1S/C25H32N2O.C23H27N2.C22H28N2O.C17H23N2.C17H17N2.C11H13N2/c1-16-9-11-19-20-12-10-17(2)26-23(20)28-22(19)21(16)27-18(3)25(15-24(27,4)5)13-7-6-8-14-25;1-16-11-10-14-19-20(16)25-21(23(4,5)22(19,2)3)18(15-24(25)6)17-12-8-7-9-13-17;1-13-8-10-16-17-11-9-14(2)23-20(17)25-19(16)18(13)24-15(3)21(4,5)12-22(24,6)7;1-12-8-7-9-13-15(12)19-14(10-11-18(19)6)17(4,5)16(13,2)3;1-14-8-6-7-11-16(14)19-13-12-17(18(19)2)15-9-4-3-5-10-15;1-10-6-3-4-7-11(10)13-9-5-8-12(13)2/h9-12,18H,6-8,13-15H2,1-5H3;7-15H,1-6H3;8-11,15H,12H2,1-7H3;7-11H,1-6H3;3-13H,1-2H3;3-9H,1-2H3/q;+1;;3*+1/i15D2;;4D3,12D2;;;. The average Bonchev–Trinajstić information content (AvgIpc) is 1.53. The minimum atomic E-state index is -2.48. The van der Waals surface area contributed by atoms with Crippen LogP contribution in [0.15, 0.2) is 252 Å². The first-order valence-electron chi connectivity index (χ1n) is 49.8. The van der Waals surface area contributed by atoms with Gasteiger partial charge in [0.05, 0.1) is 35.0 Å². The predicted octanol–water partition coefficient (Wildman–Crippen LogP) is 25.8. The fourth-order valence-corrected chi connectivity index (χ4v) is 21.7. The van der Waals surface area contributed by atoms with E-state index in [2.05, 4.69) is 379 Å². The summed E-state index contributed by atoms with van der Waals surface area (Å²) < 4.78 is 91.5. The molecule has 0 radical (unpaired) electrons. The maximum Gasteiger partial charge on any atom is 0.238 e. The molecule has 1 saturated carbocycles. The van der Waals surface area contributed by atoms with Crippen molar-refractivity contribution in [2.45, 2.75) is 256 Å². The third-order valence-electron chi connectivity index (χ3n) is 30.1. The number of fused-ring (bicyclic) bond motifs is 12. The number of nitrogens with zero attached hydrogens (tertiary/aromatic N) is 12. The molecule has 0 bridgehead atoms. The van der Waals surface area contributed by atoms with Gasteiger partial charge in [-0.05, 0) is 232 Å². The lowest BCUT2D eigenvalue weighted by atomic mass is 9.59. The van der Waals surface area contributed by atoms with Crippen LogP contribution in [0.4, 0.5) is 11.4 Å². The van der Waals surface area contributed by atoms with E-state index in [0.29, 0.717) is 17.0 Å². The van der Waals surface area contributed by atoms with Crippen LogP contribution in [0.1, 0.15) is 232 Å². The maximum absolute atomic E-state index is 9.34. The summed E-state index contributed by atoms with van der Waals surface area (Å²) in [7, 11) is 8.40. The summed E-state index contributed by atoms with van der Waals surface area (Å²) >= 11 is 0. The van der Waals surface area contributed by atoms with Gasteiger partial charge >= 0.3 is 0 Å². The van der Waals surface area contributed by atoms with Gasteiger partial charge in [0.15, 0.2) is 51.8 Å². The van der Waals surface area contributed by atoms with Crippen LogP contribution < -0.4 is 28.5 Å². The third-order valence-corrected chi connectivity index (χ3v) is 30.1. The van der Waals surface area contributed by atoms with Crippen LogP contribution in [-0.2, 0) is 49.9 Å². The first-order chi connectivity index (χ1) is 63.9. The SMILES string of the molecule is Cc1cccc2c1-n1c(c(-c3ccccc3)c[n+]1C)C(C)(C)C2(C)C.Cc1cccc2c1-n1c(cc[n+]1C)C(C)(C)C2(C)C.Cc1ccccc1-n1ccc(-c2ccccc2)[n+]1C.Cc1ccccc1-n1ccc[n+]1C.[2H]C([2H])([2H])C1(C)C(C)N(c2c(C)ccc3c2oc2nc(C)ccc23)C(C)(C)C1([2H])[2H].[2H]C1([2H])C2(CCCCC2)C(C)N(c2c(C)ccc3c2oc2nc(C)ccc23)C1(C)C. The second-order valence-electron chi connectivity index (χ2n) is 40.5. The molecule has 3 fully saturated rings. The van der Waals surface area contributed by atoms with E-state index in [9.17, 15) is 2.74 Å². The summed E-state index contributed by atoms with van der Waals surface area (Å²) in [4.78, 5) is 13.4. The number of hydrogen-bond donors (Lipinski definition) is 0. The Morgan fingerprint density at radius 1 is 0.395 bits per heavy atom. The Kier molecular flexibility index (Phi) is 21.4. The number of anilines is 2. The fourth-order valence-electron chi connectivity index (χ4n) is 21.7. The number of aryl methyl sites for hydroxylation is 11. The van der Waals surface area contributed by atoms with Crippen LogP contribution >= 0.6 is 0 Å². The Morgan fingerprint density at radius 3 is 1.37 bits per heavy atom. The van der Waals surface area contributed by atoms with E-state index in [0.717, 1.165) is 86.7 Å². The van der Waals surface area contributed by atoms with Crippen LogP contribution in [0.5, 0.6) is 0 Å². The maximum atomic E-state index is 9.34. The normalized spacial score (nSPS) is 20.6. The van der Waals surface area contributed by atoms with Gasteiger partial charge in [0, 0.05) is 111 Å². The summed E-state index contributed by atoms with van der Waals surface area (Å²) in [5.74, 6) is 0. The molecule has 21 rings (SSSR count). The molecule has 2 saturated heterocycles. The van der Waals surface area contributed by atoms with E-state index in [1.165, 1.54) is 96.3 Å². The van der Waals surface area contributed by atoms with Gasteiger partial charge in [0.1, 0.15) is 28.4 Å². The Hall–Kier alpha value is -11.9. The molecule has 12 heterocycles. The lowest BCUT2D eigenvalue weighted by Gasteiger charge is -2.46. The van der Waals surface area contributed by atoms with Gasteiger partial charge in [0.25, 0.3) is 0 Å². The molecule has 4 aliphatic heterocycles. The molecule has 668 valence electrons. The summed E-state index contributed by atoms with van der Waals surface area (Å²) in [6.45, 7) is 46.4. The van der Waals surface area contributed by atoms with Crippen molar-refractivity contribution in [1.82, 2.24) is 28.7 Å². The van der Waals surface area contributed by atoms with Crippen molar-refractivity contribution >= 4 is 55.5 Å². The minimum Gasteiger partial charge on any atom is -0.436 e. The van der Waals surface area contributed by atoms with Gasteiger partial charge in [0.2, 0.25) is 23.3 Å². The monoisotopic (exact) mass is 1730 g/mol. The number of furan rings is 2. The Balaban J connectivity index is 0.000000121. The molecule has 14 heteroatoms. The van der Waals surface area contributed by atoms with Crippen molar-refractivity contribution < 1.29 is 37.2 Å². The second kappa shape index (κ2) is 33.9. The molecule has 129 heavy (non-hydrogen) atoms. The number of rotatable bonds is 6. The van der Waals surface area contributed by atoms with Gasteiger partial charge in [-0.25, -0.2) is 9.97 Å². The molecular formula is C115H140N12O2+4. The van der Waals surface area contributed by atoms with Crippen LogP contribution in [0.25, 0.3) is 89.3 Å². The van der Waals surface area contributed by atoms with E-state index in [-0.39, 0.29) is 33.1 Å². The molecule has 1 spiro atoms. The largest absolute Gasteiger partial charge is 0.436 e. The number of aromatic nitrogens is 10. The summed E-state index contributed by atoms with van der Waals surface area (Å²) in [5, 5.41) is 3.87. The lowest BCUT2D eigenvalue weighted by molar-refractivity contribution is -0.745. The highest BCUT2D eigenvalue weighted by Gasteiger charge is 2.56. The minimum absolute atomic E-state index is 0.000226. The van der Waals surface area contributed by atoms with Gasteiger partial charge in [-0.3, -0.25) is 0 Å². The number of pyridine rings is 2. The summed E-state index contributed by atoms with van der Waals surface area (Å²) in [6, 6.07) is 73.6. The van der Waals surface area contributed by atoms with Crippen LogP contribution in [0.2, 0.25) is 0 Å². The molecule has 14 nitrogen and oxygen atoms in total. The van der Waals surface area contributed by atoms with Gasteiger partial charge in [-0.15, -0.1) is 37.5 Å².